The Labute approximate surface area is 87.5 Å². The van der Waals surface area contributed by atoms with Gasteiger partial charge in [-0.05, 0) is 13.3 Å². The topological polar surface area (TPSA) is 68.0 Å². The normalized spacial score (nSPS) is 15.0. The molecule has 0 aliphatic carbocycles. The number of nitrogens with one attached hydrogen (secondary N) is 1. The van der Waals surface area contributed by atoms with E-state index >= 15 is 0 Å². The number of amides is 1. The van der Waals surface area contributed by atoms with Crippen molar-refractivity contribution in [2.45, 2.75) is 32.4 Å². The van der Waals surface area contributed by atoms with Crippen molar-refractivity contribution in [3.63, 3.8) is 0 Å². The highest BCUT2D eigenvalue weighted by atomic mass is 32.1. The quantitative estimate of drug-likeness (QED) is 0.768. The van der Waals surface area contributed by atoms with E-state index in [1.165, 1.54) is 11.3 Å². The number of nitrogens with two attached hydrogens (primary N) is 1. The van der Waals surface area contributed by atoms with E-state index in [9.17, 15) is 4.79 Å². The molecule has 4 nitrogen and oxygen atoms in total. The van der Waals surface area contributed by atoms with Crippen molar-refractivity contribution in [3.05, 3.63) is 16.6 Å². The van der Waals surface area contributed by atoms with Crippen LogP contribution in [-0.2, 0) is 4.79 Å². The van der Waals surface area contributed by atoms with Gasteiger partial charge in [0.05, 0.1) is 11.2 Å². The summed E-state index contributed by atoms with van der Waals surface area (Å²) >= 11 is 1.46. The van der Waals surface area contributed by atoms with E-state index in [4.69, 9.17) is 5.73 Å². The van der Waals surface area contributed by atoms with Gasteiger partial charge < -0.3 is 5.73 Å². The number of hydrogen-bond acceptors (Lipinski definition) is 4. The molecule has 3 N–H and O–H groups in total. The summed E-state index contributed by atoms with van der Waals surface area (Å²) in [5, 5.41) is 4.98. The molecule has 2 atom stereocenters. The third-order valence-electron chi connectivity index (χ3n) is 2.10. The first-order chi connectivity index (χ1) is 6.65. The maximum Gasteiger partial charge on any atom is 0.240 e. The van der Waals surface area contributed by atoms with Gasteiger partial charge in [0.25, 0.3) is 0 Å². The summed E-state index contributed by atoms with van der Waals surface area (Å²) in [4.78, 5) is 15.3. The van der Waals surface area contributed by atoms with Gasteiger partial charge in [0.2, 0.25) is 5.91 Å². The van der Waals surface area contributed by atoms with E-state index < -0.39 is 6.04 Å². The van der Waals surface area contributed by atoms with Gasteiger partial charge in [-0.2, -0.15) is 0 Å². The Hall–Kier alpha value is -0.940. The first-order valence-corrected chi connectivity index (χ1v) is 5.52. The highest BCUT2D eigenvalue weighted by Crippen LogP contribution is 2.13. The number of nitrogens with zero attached hydrogens (tertiary/aromatic N) is 1. The number of carbonyl (C=O) groups is 1. The van der Waals surface area contributed by atoms with E-state index in [0.29, 0.717) is 5.69 Å². The Bertz CT molecular complexity index is 286. The fourth-order valence-electron chi connectivity index (χ4n) is 1.08. The molecule has 0 radical (unpaired) electrons. The molecule has 78 valence electrons. The first-order valence-electron chi connectivity index (χ1n) is 4.58. The Balaban J connectivity index is 2.71. The van der Waals surface area contributed by atoms with E-state index in [1.54, 1.807) is 5.51 Å². The van der Waals surface area contributed by atoms with Crippen LogP contribution in [-0.4, -0.2) is 16.9 Å². The van der Waals surface area contributed by atoms with Crippen LogP contribution in [0.1, 0.15) is 32.0 Å². The summed E-state index contributed by atoms with van der Waals surface area (Å²) in [7, 11) is 0. The predicted octanol–water partition coefficient (Wildman–Crippen LogP) is 1.06. The van der Waals surface area contributed by atoms with Gasteiger partial charge in [0.1, 0.15) is 6.04 Å². The van der Waals surface area contributed by atoms with Gasteiger partial charge in [0, 0.05) is 11.4 Å². The van der Waals surface area contributed by atoms with E-state index in [2.05, 4.69) is 17.2 Å². The Kier molecular flexibility index (Phi) is 4.03. The summed E-state index contributed by atoms with van der Waals surface area (Å²) in [5.74, 6) is -0.379. The molecule has 1 rings (SSSR count). The summed E-state index contributed by atoms with van der Waals surface area (Å²) in [6.45, 7) is 4.07. The van der Waals surface area contributed by atoms with Gasteiger partial charge >= 0.3 is 0 Å². The minimum absolute atomic E-state index is 0.259. The van der Waals surface area contributed by atoms with Crippen molar-refractivity contribution in [1.29, 1.82) is 0 Å². The van der Waals surface area contributed by atoms with Crippen LogP contribution in [0.3, 0.4) is 0 Å². The molecule has 0 saturated carbocycles. The molecule has 14 heavy (non-hydrogen) atoms. The van der Waals surface area contributed by atoms with Crippen molar-refractivity contribution in [2.24, 2.45) is 5.73 Å². The average molecular weight is 213 g/mol. The molecule has 0 saturated heterocycles. The van der Waals surface area contributed by atoms with E-state index in [1.807, 2.05) is 12.3 Å². The van der Waals surface area contributed by atoms with Crippen molar-refractivity contribution in [2.75, 3.05) is 0 Å². The summed E-state index contributed by atoms with van der Waals surface area (Å²) in [5.41, 5.74) is 7.70. The number of thiazole rings is 1. The summed E-state index contributed by atoms with van der Waals surface area (Å²) < 4.78 is 0. The second-order valence-corrected chi connectivity index (χ2v) is 3.94. The van der Waals surface area contributed by atoms with Gasteiger partial charge in [-0.25, -0.2) is 4.98 Å². The van der Waals surface area contributed by atoms with Crippen LogP contribution < -0.4 is 11.1 Å². The minimum atomic E-state index is -0.462. The highest BCUT2D eigenvalue weighted by Gasteiger charge is 2.20. The number of aromatic nitrogens is 1. The first kappa shape index (κ1) is 11.1. The maximum absolute atomic E-state index is 11.2. The van der Waals surface area contributed by atoms with Crippen LogP contribution in [0.25, 0.3) is 0 Å². The maximum atomic E-state index is 11.2. The molecular formula is C9H15N3OS. The second kappa shape index (κ2) is 5.07. The Morgan fingerprint density at radius 1 is 1.79 bits per heavy atom. The van der Waals surface area contributed by atoms with Crippen molar-refractivity contribution >= 4 is 17.2 Å². The van der Waals surface area contributed by atoms with Gasteiger partial charge in [-0.3, -0.25) is 10.1 Å². The number of rotatable bonds is 5. The highest BCUT2D eigenvalue weighted by molar-refractivity contribution is 7.07. The molecule has 2 unspecified atom stereocenters. The molecule has 1 aromatic rings. The molecule has 0 bridgehead atoms. The lowest BCUT2D eigenvalue weighted by Gasteiger charge is -2.17. The van der Waals surface area contributed by atoms with Gasteiger partial charge in [-0.15, -0.1) is 11.3 Å². The molecular weight excluding hydrogens is 198 g/mol. The number of hydrogen-bond donors (Lipinski definition) is 2. The fraction of sp³-hybridized carbons (Fsp3) is 0.556. The van der Waals surface area contributed by atoms with Crippen molar-refractivity contribution in [1.82, 2.24) is 10.3 Å². The average Bonchev–Trinajstić information content (AvgIpc) is 2.65. The number of primary amides is 1. The van der Waals surface area contributed by atoms with Gasteiger partial charge in [0.15, 0.2) is 0 Å². The van der Waals surface area contributed by atoms with Crippen LogP contribution in [0.5, 0.6) is 0 Å². The zero-order valence-corrected chi connectivity index (χ0v) is 9.17. The zero-order chi connectivity index (χ0) is 10.6. The van der Waals surface area contributed by atoms with Gasteiger partial charge in [-0.1, -0.05) is 6.92 Å². The summed E-state index contributed by atoms with van der Waals surface area (Å²) in [6, 6.07) is -0.203. The van der Waals surface area contributed by atoms with E-state index in [-0.39, 0.29) is 11.9 Å². The fourth-order valence-corrected chi connectivity index (χ4v) is 1.66. The predicted molar refractivity (Wildman–Crippen MR) is 56.9 cm³/mol. The van der Waals surface area contributed by atoms with Crippen LogP contribution >= 0.6 is 11.3 Å². The lowest BCUT2D eigenvalue weighted by molar-refractivity contribution is -0.120. The van der Waals surface area contributed by atoms with E-state index in [0.717, 1.165) is 6.42 Å². The molecule has 5 heteroatoms. The van der Waals surface area contributed by atoms with Crippen LogP contribution in [0, 0.1) is 0 Å². The third kappa shape index (κ3) is 2.78. The molecule has 1 aromatic heterocycles. The SMILES string of the molecule is CCC(C)NC(C(N)=O)c1cscn1. The lowest BCUT2D eigenvalue weighted by Crippen LogP contribution is -2.38. The second-order valence-electron chi connectivity index (χ2n) is 3.22. The van der Waals surface area contributed by atoms with Crippen LogP contribution in [0.15, 0.2) is 10.9 Å². The molecule has 0 aromatic carbocycles. The molecule has 1 heterocycles. The smallest absolute Gasteiger partial charge is 0.240 e. The third-order valence-corrected chi connectivity index (χ3v) is 2.70. The standard InChI is InChI=1S/C9H15N3OS/c1-3-6(2)12-8(9(10)13)7-4-14-5-11-7/h4-6,8,12H,3H2,1-2H3,(H2,10,13). The lowest BCUT2D eigenvalue weighted by atomic mass is 10.1. The minimum Gasteiger partial charge on any atom is -0.368 e. The molecule has 0 fully saturated rings. The molecule has 1 amide bonds. The largest absolute Gasteiger partial charge is 0.368 e. The zero-order valence-electron chi connectivity index (χ0n) is 8.36. The Morgan fingerprint density at radius 2 is 2.50 bits per heavy atom. The summed E-state index contributed by atoms with van der Waals surface area (Å²) in [6.07, 6.45) is 0.952. The van der Waals surface area contributed by atoms with Crippen molar-refractivity contribution in [3.8, 4) is 0 Å². The molecule has 0 aliphatic heterocycles. The van der Waals surface area contributed by atoms with Crippen LogP contribution in [0.4, 0.5) is 0 Å². The molecule has 0 spiro atoms. The molecule has 0 aliphatic rings. The van der Waals surface area contributed by atoms with Crippen molar-refractivity contribution < 1.29 is 4.79 Å². The Morgan fingerprint density at radius 3 is 2.93 bits per heavy atom. The monoisotopic (exact) mass is 213 g/mol. The van der Waals surface area contributed by atoms with Crippen LogP contribution in [0.2, 0.25) is 0 Å². The number of carbonyl (C=O) groups excluding carboxylic acids is 1.